The Morgan fingerprint density at radius 2 is 2.33 bits per heavy atom. The van der Waals surface area contributed by atoms with Crippen LogP contribution >= 0.6 is 0 Å². The van der Waals surface area contributed by atoms with Crippen LogP contribution < -0.4 is 0 Å². The van der Waals surface area contributed by atoms with E-state index in [-0.39, 0.29) is 6.61 Å². The van der Waals surface area contributed by atoms with E-state index in [0.717, 1.165) is 12.1 Å². The van der Waals surface area contributed by atoms with Crippen molar-refractivity contribution in [1.82, 2.24) is 9.88 Å². The van der Waals surface area contributed by atoms with Crippen molar-refractivity contribution in [2.45, 2.75) is 13.0 Å². The molecule has 1 unspecified atom stereocenters. The summed E-state index contributed by atoms with van der Waals surface area (Å²) in [5.74, 6) is 0. The van der Waals surface area contributed by atoms with Gasteiger partial charge in [-0.15, -0.1) is 0 Å². The minimum Gasteiger partial charge on any atom is -0.395 e. The molecule has 0 amide bonds. The van der Waals surface area contributed by atoms with E-state index in [0.29, 0.717) is 13.1 Å². The number of nitrogens with zero attached hydrogens (tertiary/aromatic N) is 2. The predicted molar refractivity (Wildman–Crippen MR) is 58.4 cm³/mol. The van der Waals surface area contributed by atoms with Gasteiger partial charge in [0, 0.05) is 31.0 Å². The zero-order valence-electron chi connectivity index (χ0n) is 9.00. The highest BCUT2D eigenvalue weighted by atomic mass is 16.3. The third-order valence-corrected chi connectivity index (χ3v) is 2.36. The van der Waals surface area contributed by atoms with Crippen molar-refractivity contribution in [3.63, 3.8) is 0 Å². The molecule has 15 heavy (non-hydrogen) atoms. The van der Waals surface area contributed by atoms with Gasteiger partial charge in [0.25, 0.3) is 0 Å². The highest BCUT2D eigenvalue weighted by Crippen LogP contribution is 2.11. The predicted octanol–water partition coefficient (Wildman–Crippen LogP) is 0.429. The first-order chi connectivity index (χ1) is 7.27. The van der Waals surface area contributed by atoms with Crippen LogP contribution in [0.5, 0.6) is 0 Å². The van der Waals surface area contributed by atoms with Crippen LogP contribution in [-0.4, -0.2) is 46.3 Å². The number of rotatable bonds is 6. The number of aromatic nitrogens is 1. The number of pyridine rings is 1. The second-order valence-electron chi connectivity index (χ2n) is 3.42. The summed E-state index contributed by atoms with van der Waals surface area (Å²) in [6.07, 6.45) is 2.81. The lowest BCUT2D eigenvalue weighted by molar-refractivity contribution is 0.103. The van der Waals surface area contributed by atoms with Gasteiger partial charge in [0.05, 0.1) is 12.7 Å². The van der Waals surface area contributed by atoms with Crippen molar-refractivity contribution in [2.24, 2.45) is 0 Å². The summed E-state index contributed by atoms with van der Waals surface area (Å²) in [6, 6.07) is 3.66. The molecule has 1 rings (SSSR count). The van der Waals surface area contributed by atoms with E-state index in [1.54, 1.807) is 18.5 Å². The van der Waals surface area contributed by atoms with Gasteiger partial charge in [-0.2, -0.15) is 0 Å². The standard InChI is InChI=1S/C11H18N2O2/c1-2-13(6-7-14)9-11(15)10-4-3-5-12-8-10/h3-5,8,11,14-15H,2,6-7,9H2,1H3. The second-order valence-corrected chi connectivity index (χ2v) is 3.42. The first-order valence-electron chi connectivity index (χ1n) is 5.19. The molecule has 1 atom stereocenters. The van der Waals surface area contributed by atoms with Crippen LogP contribution in [-0.2, 0) is 0 Å². The Balaban J connectivity index is 2.50. The van der Waals surface area contributed by atoms with Gasteiger partial charge in [0.15, 0.2) is 0 Å². The summed E-state index contributed by atoms with van der Waals surface area (Å²) >= 11 is 0. The third kappa shape index (κ3) is 3.95. The SMILES string of the molecule is CCN(CCO)CC(O)c1cccnc1. The molecule has 0 aromatic carbocycles. The molecule has 0 saturated carbocycles. The molecular weight excluding hydrogens is 192 g/mol. The Morgan fingerprint density at radius 1 is 1.53 bits per heavy atom. The van der Waals surface area contributed by atoms with Gasteiger partial charge >= 0.3 is 0 Å². The Labute approximate surface area is 90.2 Å². The molecule has 0 saturated heterocycles. The zero-order valence-corrected chi connectivity index (χ0v) is 9.00. The van der Waals surface area contributed by atoms with E-state index >= 15 is 0 Å². The number of aliphatic hydroxyl groups excluding tert-OH is 2. The third-order valence-electron chi connectivity index (χ3n) is 2.36. The van der Waals surface area contributed by atoms with Gasteiger partial charge in [-0.05, 0) is 12.6 Å². The van der Waals surface area contributed by atoms with Crippen LogP contribution in [0, 0.1) is 0 Å². The Kier molecular flexibility index (Phi) is 5.25. The number of hydrogen-bond acceptors (Lipinski definition) is 4. The summed E-state index contributed by atoms with van der Waals surface area (Å²) in [5, 5.41) is 18.7. The van der Waals surface area contributed by atoms with Gasteiger partial charge in [-0.3, -0.25) is 9.88 Å². The largest absolute Gasteiger partial charge is 0.395 e. The Bertz CT molecular complexity index is 267. The summed E-state index contributed by atoms with van der Waals surface area (Å²) in [4.78, 5) is 5.95. The average Bonchev–Trinajstić information content (AvgIpc) is 2.29. The first kappa shape index (κ1) is 12.1. The Morgan fingerprint density at radius 3 is 2.87 bits per heavy atom. The molecule has 0 aliphatic rings. The molecule has 84 valence electrons. The topological polar surface area (TPSA) is 56.6 Å². The van der Waals surface area contributed by atoms with Crippen LogP contribution in [0.25, 0.3) is 0 Å². The van der Waals surface area contributed by atoms with E-state index in [2.05, 4.69) is 4.98 Å². The zero-order chi connectivity index (χ0) is 11.1. The maximum atomic E-state index is 9.89. The van der Waals surface area contributed by atoms with Gasteiger partial charge in [0.2, 0.25) is 0 Å². The molecule has 4 heteroatoms. The smallest absolute Gasteiger partial charge is 0.0931 e. The fraction of sp³-hybridized carbons (Fsp3) is 0.545. The average molecular weight is 210 g/mol. The van der Waals surface area contributed by atoms with E-state index in [4.69, 9.17) is 5.11 Å². The van der Waals surface area contributed by atoms with Crippen LogP contribution in [0.1, 0.15) is 18.6 Å². The van der Waals surface area contributed by atoms with Crippen molar-refractivity contribution in [3.05, 3.63) is 30.1 Å². The molecule has 0 radical (unpaired) electrons. The van der Waals surface area contributed by atoms with Crippen LogP contribution in [0.4, 0.5) is 0 Å². The lowest BCUT2D eigenvalue weighted by Crippen LogP contribution is -2.31. The molecule has 0 spiro atoms. The van der Waals surface area contributed by atoms with Gasteiger partial charge < -0.3 is 10.2 Å². The summed E-state index contributed by atoms with van der Waals surface area (Å²) in [5.41, 5.74) is 0.814. The lowest BCUT2D eigenvalue weighted by atomic mass is 10.1. The van der Waals surface area contributed by atoms with E-state index < -0.39 is 6.10 Å². The summed E-state index contributed by atoms with van der Waals surface area (Å²) in [6.45, 7) is 4.06. The maximum Gasteiger partial charge on any atom is 0.0931 e. The fourth-order valence-electron chi connectivity index (χ4n) is 1.44. The molecule has 2 N–H and O–H groups in total. The van der Waals surface area contributed by atoms with E-state index in [1.807, 2.05) is 17.9 Å². The molecule has 0 bridgehead atoms. The molecule has 0 aliphatic carbocycles. The van der Waals surface area contributed by atoms with E-state index in [9.17, 15) is 5.11 Å². The Hall–Kier alpha value is -0.970. The highest BCUT2D eigenvalue weighted by Gasteiger charge is 2.11. The second kappa shape index (κ2) is 6.50. The molecule has 0 fully saturated rings. The van der Waals surface area contributed by atoms with Crippen molar-refractivity contribution in [3.8, 4) is 0 Å². The molecule has 1 aromatic rings. The van der Waals surface area contributed by atoms with Crippen molar-refractivity contribution in [1.29, 1.82) is 0 Å². The van der Waals surface area contributed by atoms with Gasteiger partial charge in [-0.1, -0.05) is 13.0 Å². The first-order valence-corrected chi connectivity index (χ1v) is 5.19. The normalized spacial score (nSPS) is 13.1. The molecule has 1 heterocycles. The van der Waals surface area contributed by atoms with Gasteiger partial charge in [0.1, 0.15) is 0 Å². The number of hydrogen-bond donors (Lipinski definition) is 2. The van der Waals surface area contributed by atoms with E-state index in [1.165, 1.54) is 0 Å². The van der Waals surface area contributed by atoms with Crippen molar-refractivity contribution in [2.75, 3.05) is 26.2 Å². The molecule has 4 nitrogen and oxygen atoms in total. The summed E-state index contributed by atoms with van der Waals surface area (Å²) in [7, 11) is 0. The number of likely N-dealkylation sites (N-methyl/N-ethyl adjacent to an activating group) is 1. The monoisotopic (exact) mass is 210 g/mol. The summed E-state index contributed by atoms with van der Waals surface area (Å²) < 4.78 is 0. The minimum atomic E-state index is -0.537. The highest BCUT2D eigenvalue weighted by molar-refractivity contribution is 5.12. The molecule has 0 aliphatic heterocycles. The van der Waals surface area contributed by atoms with Crippen LogP contribution in [0.3, 0.4) is 0 Å². The van der Waals surface area contributed by atoms with Crippen molar-refractivity contribution >= 4 is 0 Å². The van der Waals surface area contributed by atoms with Crippen LogP contribution in [0.2, 0.25) is 0 Å². The maximum absolute atomic E-state index is 9.89. The van der Waals surface area contributed by atoms with Crippen molar-refractivity contribution < 1.29 is 10.2 Å². The quantitative estimate of drug-likeness (QED) is 0.715. The molecular formula is C11H18N2O2. The lowest BCUT2D eigenvalue weighted by Gasteiger charge is -2.22. The fourth-order valence-corrected chi connectivity index (χ4v) is 1.44. The van der Waals surface area contributed by atoms with Crippen LogP contribution in [0.15, 0.2) is 24.5 Å². The number of aliphatic hydroxyl groups is 2. The molecule has 1 aromatic heterocycles. The minimum absolute atomic E-state index is 0.119. The van der Waals surface area contributed by atoms with Gasteiger partial charge in [-0.25, -0.2) is 0 Å².